The van der Waals surface area contributed by atoms with Gasteiger partial charge in [-0.2, -0.15) is 0 Å². The molecule has 0 fully saturated rings. The molecule has 0 spiro atoms. The number of aryl methyl sites for hydroxylation is 1. The number of phenolic OH excluding ortho intramolecular Hbond substituents is 1. The molecule has 0 atom stereocenters. The number of hydrogen-bond donors (Lipinski definition) is 1. The fraction of sp³-hybridized carbons (Fsp3) is 0.246. The topological polar surface area (TPSA) is 50.9 Å². The van der Waals surface area contributed by atoms with Crippen molar-refractivity contribution in [2.75, 3.05) is 0 Å². The second-order valence-electron chi connectivity index (χ2n) is 23.9. The molecule has 0 aliphatic heterocycles. The quantitative estimate of drug-likeness (QED) is 0.116. The maximum Gasteiger partial charge on any atom is 0.148 e. The van der Waals surface area contributed by atoms with Crippen LogP contribution < -0.4 is 0 Å². The van der Waals surface area contributed by atoms with Crippen molar-refractivity contribution in [2.24, 2.45) is 0 Å². The summed E-state index contributed by atoms with van der Waals surface area (Å²) in [6.07, 6.45) is 7.54. The number of benzene rings is 7. The molecule has 0 saturated heterocycles. The van der Waals surface area contributed by atoms with E-state index in [0.29, 0.717) is 11.4 Å². The van der Waals surface area contributed by atoms with Crippen molar-refractivity contribution in [1.82, 2.24) is 14.5 Å². The Balaban J connectivity index is 0.00000729. The molecule has 9 rings (SSSR count). The maximum atomic E-state index is 12.7. The van der Waals surface area contributed by atoms with Gasteiger partial charge in [0.25, 0.3) is 0 Å². The Bertz CT molecular complexity index is 3640. The minimum Gasteiger partial charge on any atom is -0.507 e. The third-order valence-corrected chi connectivity index (χ3v) is 14.2. The maximum absolute atomic E-state index is 12.7. The van der Waals surface area contributed by atoms with Gasteiger partial charge in [0, 0.05) is 38.6 Å². The zero-order valence-electron chi connectivity index (χ0n) is 45.5. The van der Waals surface area contributed by atoms with Crippen LogP contribution in [-0.2, 0) is 42.7 Å². The number of aromatic nitrogens is 3. The van der Waals surface area contributed by atoms with E-state index in [1.54, 1.807) is 6.08 Å². The number of rotatable bonds is 9. The van der Waals surface area contributed by atoms with E-state index >= 15 is 0 Å². The van der Waals surface area contributed by atoms with E-state index in [2.05, 4.69) is 235 Å². The molecule has 0 bridgehead atoms. The Kier molecular flexibility index (Phi) is 14.5. The van der Waals surface area contributed by atoms with Gasteiger partial charge in [0.15, 0.2) is 0 Å². The van der Waals surface area contributed by atoms with Crippen LogP contribution in [0.1, 0.15) is 116 Å². The largest absolute Gasteiger partial charge is 0.507 e. The fourth-order valence-corrected chi connectivity index (χ4v) is 10.0. The van der Waals surface area contributed by atoms with Crippen molar-refractivity contribution in [3.05, 3.63) is 210 Å². The van der Waals surface area contributed by atoms with Gasteiger partial charge in [0.1, 0.15) is 11.6 Å². The van der Waals surface area contributed by atoms with E-state index in [4.69, 9.17) is 9.97 Å². The predicted octanol–water partition coefficient (Wildman–Crippen LogP) is 18.7. The Hall–Kier alpha value is -6.87. The van der Waals surface area contributed by atoms with Gasteiger partial charge in [0.05, 0.1) is 16.6 Å². The van der Waals surface area contributed by atoms with Crippen LogP contribution in [0, 0.1) is 13.0 Å². The summed E-state index contributed by atoms with van der Waals surface area (Å²) in [4.78, 5) is 10.5. The van der Waals surface area contributed by atoms with E-state index in [1.165, 1.54) is 27.6 Å². The van der Waals surface area contributed by atoms with Gasteiger partial charge in [-0.15, -0.1) is 23.8 Å². The molecule has 5 heteroatoms. The second-order valence-corrected chi connectivity index (χ2v) is 23.9. The van der Waals surface area contributed by atoms with Gasteiger partial charge in [-0.1, -0.05) is 222 Å². The fourth-order valence-electron chi connectivity index (χ4n) is 10.0. The molecule has 378 valence electrons. The number of pyridine rings is 1. The van der Waals surface area contributed by atoms with Gasteiger partial charge in [0.2, 0.25) is 0 Å². The van der Waals surface area contributed by atoms with E-state index in [1.807, 2.05) is 30.5 Å². The molecule has 0 aliphatic carbocycles. The predicted molar refractivity (Wildman–Crippen MR) is 312 cm³/mol. The second kappa shape index (κ2) is 20.1. The number of hydrogen-bond acceptors (Lipinski definition) is 3. The summed E-state index contributed by atoms with van der Waals surface area (Å²) >= 11 is 0. The average Bonchev–Trinajstić information content (AvgIpc) is 3.73. The summed E-state index contributed by atoms with van der Waals surface area (Å²) < 4.78 is 2.25. The van der Waals surface area contributed by atoms with Crippen molar-refractivity contribution in [2.45, 2.75) is 112 Å². The summed E-state index contributed by atoms with van der Waals surface area (Å²) in [6.45, 7) is 37.4. The molecular weight excluding hydrogens is 1080 g/mol. The number of allylic oxidation sites excluding steroid dienone is 4. The molecule has 0 saturated carbocycles. The molecule has 7 aromatic carbocycles. The molecule has 0 unspecified atom stereocenters. The molecule has 2 heterocycles. The van der Waals surface area contributed by atoms with Crippen LogP contribution in [-0.4, -0.2) is 19.6 Å². The number of para-hydroxylation sites is 1. The van der Waals surface area contributed by atoms with Gasteiger partial charge in [-0.3, -0.25) is 9.55 Å². The van der Waals surface area contributed by atoms with Crippen LogP contribution in [0.25, 0.3) is 89.1 Å². The van der Waals surface area contributed by atoms with E-state index < -0.39 is 0 Å². The molecule has 0 radical (unpaired) electrons. The average molecular weight is 1150 g/mol. The minimum atomic E-state index is -0.157. The van der Waals surface area contributed by atoms with Gasteiger partial charge >= 0.3 is 0 Å². The van der Waals surface area contributed by atoms with Crippen molar-refractivity contribution >= 4 is 27.4 Å². The Labute approximate surface area is 455 Å². The first kappa shape index (κ1) is 53.4. The van der Waals surface area contributed by atoms with Crippen LogP contribution in [0.15, 0.2) is 171 Å². The normalized spacial score (nSPS) is 12.5. The van der Waals surface area contributed by atoms with Gasteiger partial charge in [-0.25, -0.2) is 4.98 Å². The Morgan fingerprint density at radius 3 is 1.92 bits per heavy atom. The number of imidazole rings is 1. The molecule has 4 nitrogen and oxygen atoms in total. The Morgan fingerprint density at radius 2 is 1.28 bits per heavy atom. The summed E-state index contributed by atoms with van der Waals surface area (Å²) in [5, 5.41) is 15.0. The number of phenols is 1. The van der Waals surface area contributed by atoms with Crippen molar-refractivity contribution in [3.63, 3.8) is 0 Å². The van der Waals surface area contributed by atoms with E-state index in [-0.39, 0.29) is 48.5 Å². The first-order valence-electron chi connectivity index (χ1n) is 25.6. The smallest absolute Gasteiger partial charge is 0.148 e. The number of nitrogens with zero attached hydrogens (tertiary/aromatic N) is 3. The van der Waals surface area contributed by atoms with Crippen LogP contribution in [0.4, 0.5) is 0 Å². The molecule has 0 amide bonds. The van der Waals surface area contributed by atoms with Crippen LogP contribution in [0.5, 0.6) is 5.75 Å². The van der Waals surface area contributed by atoms with Gasteiger partial charge in [-0.05, 0) is 126 Å². The van der Waals surface area contributed by atoms with E-state index in [0.717, 1.165) is 83.4 Å². The zero-order valence-corrected chi connectivity index (χ0v) is 47.8. The monoisotopic (exact) mass is 1150 g/mol. The molecule has 1 N–H and O–H groups in total. The Morgan fingerprint density at radius 1 is 0.608 bits per heavy atom. The van der Waals surface area contributed by atoms with Crippen LogP contribution >= 0.6 is 0 Å². The van der Waals surface area contributed by atoms with Crippen molar-refractivity contribution in [3.8, 4) is 67.5 Å². The standard InChI is InChI=1S/C69H70N3O.Pt/c1-16-21-44(17-2)54-22-18-19-23-55(54)47-35-48(37-49(36-47)60-34-43(3)32-33-70-60)57-24-20-25-61-64(57)71-65(72(61)53-41-51(67(7,8)9)40-52(42-53)68(10,11)12)58-29-26-46(39-62(58)73)63-56-30-28-50(66(4,5)6)38-45(56)27-31-59(63)69(13,14)15;/h16-36,38-42,73H,1-2H2,3-15H3;/q-1;/b44-21+;. The third-order valence-electron chi connectivity index (χ3n) is 14.2. The van der Waals surface area contributed by atoms with Crippen LogP contribution in [0.2, 0.25) is 0 Å². The molecule has 9 aromatic rings. The molecule has 0 aliphatic rings. The number of aromatic hydroxyl groups is 1. The first-order chi connectivity index (χ1) is 34.4. The SMILES string of the molecule is C=C/C=C(\C=C)c1ccccc1-c1cc(-c2cc(C)ccn2)[c-]c(-c2cccc3c2nc(-c2ccc(-c4c(C(C)(C)C)ccc5cc(C(C)(C)C)ccc45)cc2O)n3-c2cc(C(C)(C)C)cc(C(C)(C)C)c2)c1.[Pt]. The van der Waals surface area contributed by atoms with Crippen molar-refractivity contribution in [1.29, 1.82) is 0 Å². The van der Waals surface area contributed by atoms with Crippen LogP contribution in [0.3, 0.4) is 0 Å². The van der Waals surface area contributed by atoms with E-state index in [9.17, 15) is 5.11 Å². The van der Waals surface area contributed by atoms with Gasteiger partial charge < -0.3 is 5.11 Å². The zero-order chi connectivity index (χ0) is 52.4. The summed E-state index contributed by atoms with van der Waals surface area (Å²) in [7, 11) is 0. The molecular formula is C69H70N3OPt-. The number of fused-ring (bicyclic) bond motifs is 2. The summed E-state index contributed by atoms with van der Waals surface area (Å²) in [5.41, 5.74) is 18.6. The summed E-state index contributed by atoms with van der Waals surface area (Å²) in [5.74, 6) is 0.804. The summed E-state index contributed by atoms with van der Waals surface area (Å²) in [6, 6.07) is 51.7. The molecule has 2 aromatic heterocycles. The van der Waals surface area contributed by atoms with Crippen molar-refractivity contribution < 1.29 is 26.2 Å². The first-order valence-corrected chi connectivity index (χ1v) is 25.6. The minimum absolute atomic E-state index is 0. The molecule has 74 heavy (non-hydrogen) atoms. The third kappa shape index (κ3) is 10.4.